The van der Waals surface area contributed by atoms with Crippen molar-refractivity contribution in [2.24, 2.45) is 0 Å². The summed E-state index contributed by atoms with van der Waals surface area (Å²) in [6, 6.07) is 16.5. The molecule has 0 saturated carbocycles. The highest BCUT2D eigenvalue weighted by Gasteiger charge is 2.05. The average Bonchev–Trinajstić information content (AvgIpc) is 3.00. The molecular weight excluding hydrogens is 316 g/mol. The number of hydrogen-bond donors (Lipinski definition) is 1. The van der Waals surface area contributed by atoms with E-state index in [4.69, 9.17) is 0 Å². The van der Waals surface area contributed by atoms with Crippen LogP contribution in [-0.2, 0) is 17.6 Å². The summed E-state index contributed by atoms with van der Waals surface area (Å²) in [5.41, 5.74) is 3.53. The van der Waals surface area contributed by atoms with Crippen molar-refractivity contribution in [2.45, 2.75) is 32.6 Å². The van der Waals surface area contributed by atoms with Crippen molar-refractivity contribution in [3.8, 4) is 0 Å². The fourth-order valence-corrected chi connectivity index (χ4v) is 3.72. The lowest BCUT2D eigenvalue weighted by atomic mass is 10.1. The van der Waals surface area contributed by atoms with E-state index in [2.05, 4.69) is 41.5 Å². The number of fused-ring (bicyclic) bond motifs is 1. The highest BCUT2D eigenvalue weighted by Crippen LogP contribution is 2.22. The van der Waals surface area contributed by atoms with Crippen LogP contribution in [0.1, 0.15) is 29.0 Å². The van der Waals surface area contributed by atoms with Crippen molar-refractivity contribution >= 4 is 27.5 Å². The van der Waals surface area contributed by atoms with Crippen molar-refractivity contribution in [3.05, 3.63) is 64.7 Å². The van der Waals surface area contributed by atoms with Crippen LogP contribution in [0.4, 0.5) is 0 Å². The Morgan fingerprint density at radius 3 is 2.83 bits per heavy atom. The minimum absolute atomic E-state index is 0.126. The van der Waals surface area contributed by atoms with Gasteiger partial charge >= 0.3 is 0 Å². The van der Waals surface area contributed by atoms with E-state index < -0.39 is 0 Å². The Labute approximate surface area is 146 Å². The molecule has 0 aliphatic rings. The second kappa shape index (κ2) is 8.06. The third kappa shape index (κ3) is 4.65. The third-order valence-corrected chi connectivity index (χ3v) is 5.05. The number of rotatable bonds is 7. The molecule has 0 bridgehead atoms. The van der Waals surface area contributed by atoms with E-state index in [0.717, 1.165) is 29.8 Å². The van der Waals surface area contributed by atoms with E-state index in [1.807, 2.05) is 24.3 Å². The summed E-state index contributed by atoms with van der Waals surface area (Å²) in [7, 11) is 0. The zero-order valence-corrected chi connectivity index (χ0v) is 14.7. The van der Waals surface area contributed by atoms with Crippen molar-refractivity contribution < 1.29 is 4.79 Å². The molecule has 2 aromatic carbocycles. The Bertz CT molecular complexity index is 792. The van der Waals surface area contributed by atoms with Crippen LogP contribution >= 0.6 is 11.3 Å². The lowest BCUT2D eigenvalue weighted by Crippen LogP contribution is -2.24. The van der Waals surface area contributed by atoms with Gasteiger partial charge in [-0.2, -0.15) is 0 Å². The van der Waals surface area contributed by atoms with Crippen LogP contribution in [0.15, 0.2) is 48.5 Å². The molecule has 24 heavy (non-hydrogen) atoms. The number of aromatic nitrogens is 1. The maximum atomic E-state index is 11.9. The molecule has 0 fully saturated rings. The van der Waals surface area contributed by atoms with Gasteiger partial charge in [-0.25, -0.2) is 4.98 Å². The minimum atomic E-state index is 0.126. The first kappa shape index (κ1) is 16.7. The molecule has 4 heteroatoms. The zero-order chi connectivity index (χ0) is 16.8. The molecule has 124 valence electrons. The van der Waals surface area contributed by atoms with Gasteiger partial charge in [0.2, 0.25) is 5.91 Å². The van der Waals surface area contributed by atoms with Crippen molar-refractivity contribution in [1.29, 1.82) is 0 Å². The third-order valence-electron chi connectivity index (χ3n) is 3.95. The molecule has 1 aromatic heterocycles. The Kier molecular flexibility index (Phi) is 5.59. The molecule has 1 amide bonds. The average molecular weight is 338 g/mol. The fourth-order valence-electron chi connectivity index (χ4n) is 2.71. The number of para-hydroxylation sites is 1. The summed E-state index contributed by atoms with van der Waals surface area (Å²) in [6.07, 6.45) is 3.18. The maximum Gasteiger partial charge on any atom is 0.220 e. The molecule has 1 N–H and O–H groups in total. The van der Waals surface area contributed by atoms with Gasteiger partial charge in [0.15, 0.2) is 0 Å². The largest absolute Gasteiger partial charge is 0.356 e. The molecule has 0 aliphatic heterocycles. The molecule has 0 radical (unpaired) electrons. The van der Waals surface area contributed by atoms with Crippen molar-refractivity contribution in [3.63, 3.8) is 0 Å². The molecule has 3 aromatic rings. The summed E-state index contributed by atoms with van der Waals surface area (Å²) in [5.74, 6) is 0.126. The molecule has 3 rings (SSSR count). The number of amides is 1. The first-order chi connectivity index (χ1) is 11.7. The van der Waals surface area contributed by atoms with Gasteiger partial charge in [-0.05, 0) is 37.5 Å². The SMILES string of the molecule is Cc1cccc(CCC(=O)NCCCc2nc3ccccc3s2)c1. The molecule has 0 saturated heterocycles. The van der Waals surface area contributed by atoms with Crippen LogP contribution in [0.3, 0.4) is 0 Å². The second-order valence-electron chi connectivity index (χ2n) is 6.02. The Balaban J connectivity index is 1.37. The number of hydrogen-bond acceptors (Lipinski definition) is 3. The predicted molar refractivity (Wildman–Crippen MR) is 100 cm³/mol. The Morgan fingerprint density at radius 1 is 1.12 bits per heavy atom. The molecule has 0 aliphatic carbocycles. The van der Waals surface area contributed by atoms with Crippen LogP contribution in [0.2, 0.25) is 0 Å². The van der Waals surface area contributed by atoms with Gasteiger partial charge in [-0.15, -0.1) is 11.3 Å². The van der Waals surface area contributed by atoms with E-state index in [-0.39, 0.29) is 5.91 Å². The lowest BCUT2D eigenvalue weighted by Gasteiger charge is -2.05. The predicted octanol–water partition coefficient (Wildman–Crippen LogP) is 4.29. The lowest BCUT2D eigenvalue weighted by molar-refractivity contribution is -0.121. The van der Waals surface area contributed by atoms with E-state index in [1.54, 1.807) is 11.3 Å². The van der Waals surface area contributed by atoms with Gasteiger partial charge in [0.25, 0.3) is 0 Å². The summed E-state index contributed by atoms with van der Waals surface area (Å²) < 4.78 is 1.23. The van der Waals surface area contributed by atoms with Crippen LogP contribution in [0.5, 0.6) is 0 Å². The number of carbonyl (C=O) groups excluding carboxylic acids is 1. The molecule has 1 heterocycles. The Morgan fingerprint density at radius 2 is 2.00 bits per heavy atom. The minimum Gasteiger partial charge on any atom is -0.356 e. The quantitative estimate of drug-likeness (QED) is 0.653. The van der Waals surface area contributed by atoms with E-state index in [0.29, 0.717) is 13.0 Å². The van der Waals surface area contributed by atoms with E-state index in [1.165, 1.54) is 15.8 Å². The van der Waals surface area contributed by atoms with Gasteiger partial charge in [0.1, 0.15) is 0 Å². The molecule has 0 unspecified atom stereocenters. The number of nitrogens with zero attached hydrogens (tertiary/aromatic N) is 1. The normalized spacial score (nSPS) is 10.9. The number of carbonyl (C=O) groups is 1. The molecule has 3 nitrogen and oxygen atoms in total. The van der Waals surface area contributed by atoms with Crippen LogP contribution in [0.25, 0.3) is 10.2 Å². The Hall–Kier alpha value is -2.20. The monoisotopic (exact) mass is 338 g/mol. The zero-order valence-electron chi connectivity index (χ0n) is 13.9. The van der Waals surface area contributed by atoms with Gasteiger partial charge in [0.05, 0.1) is 15.2 Å². The molecule has 0 spiro atoms. The number of aryl methyl sites for hydroxylation is 3. The van der Waals surface area contributed by atoms with E-state index >= 15 is 0 Å². The van der Waals surface area contributed by atoms with Gasteiger partial charge in [-0.1, -0.05) is 42.0 Å². The standard InChI is InChI=1S/C20H22N2OS/c1-15-6-4-7-16(14-15)11-12-19(23)21-13-5-10-20-22-17-8-2-3-9-18(17)24-20/h2-4,6-9,14H,5,10-13H2,1H3,(H,21,23). The fraction of sp³-hybridized carbons (Fsp3) is 0.300. The smallest absolute Gasteiger partial charge is 0.220 e. The van der Waals surface area contributed by atoms with Gasteiger partial charge in [-0.3, -0.25) is 4.79 Å². The summed E-state index contributed by atoms with van der Waals surface area (Å²) >= 11 is 1.74. The maximum absolute atomic E-state index is 11.9. The second-order valence-corrected chi connectivity index (χ2v) is 7.13. The number of nitrogens with one attached hydrogen (secondary N) is 1. The highest BCUT2D eigenvalue weighted by atomic mass is 32.1. The van der Waals surface area contributed by atoms with Crippen LogP contribution in [-0.4, -0.2) is 17.4 Å². The van der Waals surface area contributed by atoms with Crippen molar-refractivity contribution in [1.82, 2.24) is 10.3 Å². The number of thiazole rings is 1. The molecule has 0 atom stereocenters. The summed E-state index contributed by atoms with van der Waals surface area (Å²) in [4.78, 5) is 16.5. The van der Waals surface area contributed by atoms with E-state index in [9.17, 15) is 4.79 Å². The van der Waals surface area contributed by atoms with Crippen molar-refractivity contribution in [2.75, 3.05) is 6.54 Å². The first-order valence-corrected chi connectivity index (χ1v) is 9.19. The first-order valence-electron chi connectivity index (χ1n) is 8.37. The van der Waals surface area contributed by atoms with Crippen LogP contribution in [0, 0.1) is 6.92 Å². The highest BCUT2D eigenvalue weighted by molar-refractivity contribution is 7.18. The summed E-state index contributed by atoms with van der Waals surface area (Å²) in [5, 5.41) is 4.15. The number of benzene rings is 2. The summed E-state index contributed by atoms with van der Waals surface area (Å²) in [6.45, 7) is 2.79. The molecular formula is C20H22N2OS. The van der Waals surface area contributed by atoms with Gasteiger partial charge < -0.3 is 5.32 Å². The van der Waals surface area contributed by atoms with Crippen LogP contribution < -0.4 is 5.32 Å². The van der Waals surface area contributed by atoms with Gasteiger partial charge in [0, 0.05) is 19.4 Å². The topological polar surface area (TPSA) is 42.0 Å².